The van der Waals surface area contributed by atoms with Crippen molar-refractivity contribution in [1.29, 1.82) is 0 Å². The molecule has 0 bridgehead atoms. The maximum atomic E-state index is 13.6. The molecule has 5 heteroatoms. The fourth-order valence-electron chi connectivity index (χ4n) is 2.06. The first kappa shape index (κ1) is 11.6. The zero-order chi connectivity index (χ0) is 13.6. The molecular weight excluding hydrogens is 248 g/mol. The minimum atomic E-state index is -0.691. The van der Waals surface area contributed by atoms with E-state index in [1.54, 1.807) is 6.07 Å². The lowest BCUT2D eigenvalue weighted by Crippen LogP contribution is -1.94. The van der Waals surface area contributed by atoms with Gasteiger partial charge < -0.3 is 10.7 Å². The summed E-state index contributed by atoms with van der Waals surface area (Å²) >= 11 is 0. The summed E-state index contributed by atoms with van der Waals surface area (Å²) in [6.07, 6.45) is 0. The van der Waals surface area contributed by atoms with Gasteiger partial charge in [0.25, 0.3) is 0 Å². The van der Waals surface area contributed by atoms with Gasteiger partial charge in [0, 0.05) is 17.3 Å². The van der Waals surface area contributed by atoms with Gasteiger partial charge in [-0.3, -0.25) is 0 Å². The van der Waals surface area contributed by atoms with Crippen LogP contribution in [0.4, 0.5) is 14.5 Å². The maximum Gasteiger partial charge on any atom is 0.153 e. The molecule has 0 aliphatic rings. The predicted molar refractivity (Wildman–Crippen MR) is 70.6 cm³/mol. The first-order chi connectivity index (χ1) is 9.06. The number of hydrogen-bond acceptors (Lipinski definition) is 2. The number of para-hydroxylation sites is 1. The summed E-state index contributed by atoms with van der Waals surface area (Å²) in [5.41, 5.74) is 8.55. The summed E-state index contributed by atoms with van der Waals surface area (Å²) in [4.78, 5) is 7.04. The van der Waals surface area contributed by atoms with Crippen LogP contribution in [-0.2, 0) is 0 Å². The summed E-state index contributed by atoms with van der Waals surface area (Å²) < 4.78 is 26.7. The lowest BCUT2D eigenvalue weighted by molar-refractivity contribution is 0.591. The van der Waals surface area contributed by atoms with Crippen molar-refractivity contribution in [2.45, 2.75) is 6.92 Å². The molecule has 1 aromatic heterocycles. The molecule has 0 radical (unpaired) electrons. The predicted octanol–water partition coefficient (Wildman–Crippen LogP) is 3.40. The zero-order valence-corrected chi connectivity index (χ0v) is 10.2. The number of H-pyrrole nitrogens is 1. The average Bonchev–Trinajstić information content (AvgIpc) is 2.76. The van der Waals surface area contributed by atoms with Gasteiger partial charge in [-0.15, -0.1) is 0 Å². The van der Waals surface area contributed by atoms with E-state index in [2.05, 4.69) is 9.97 Å². The lowest BCUT2D eigenvalue weighted by atomic mass is 10.1. The summed E-state index contributed by atoms with van der Waals surface area (Å²) in [6, 6.07) is 7.52. The number of aryl methyl sites for hydroxylation is 1. The van der Waals surface area contributed by atoms with Crippen LogP contribution in [-0.4, -0.2) is 9.97 Å². The number of rotatable bonds is 1. The van der Waals surface area contributed by atoms with Crippen LogP contribution in [0.5, 0.6) is 0 Å². The molecule has 0 amide bonds. The lowest BCUT2D eigenvalue weighted by Gasteiger charge is -2.04. The Bertz CT molecular complexity index is 778. The molecule has 0 spiro atoms. The molecule has 2 aromatic carbocycles. The normalized spacial score (nSPS) is 11.1. The molecule has 3 rings (SSSR count). The highest BCUT2D eigenvalue weighted by Crippen LogP contribution is 2.28. The van der Waals surface area contributed by atoms with Gasteiger partial charge in [0.1, 0.15) is 17.2 Å². The van der Waals surface area contributed by atoms with Gasteiger partial charge in [-0.2, -0.15) is 0 Å². The van der Waals surface area contributed by atoms with Gasteiger partial charge in [0.2, 0.25) is 0 Å². The molecular formula is C14H11F2N3. The molecule has 0 saturated heterocycles. The second-order valence-electron chi connectivity index (χ2n) is 4.41. The third kappa shape index (κ3) is 1.83. The Hall–Kier alpha value is -2.43. The van der Waals surface area contributed by atoms with Crippen molar-refractivity contribution in [3.63, 3.8) is 0 Å². The number of hydrogen-bond donors (Lipinski definition) is 2. The summed E-state index contributed by atoms with van der Waals surface area (Å²) in [7, 11) is 0. The van der Waals surface area contributed by atoms with Gasteiger partial charge >= 0.3 is 0 Å². The van der Waals surface area contributed by atoms with E-state index in [0.717, 1.165) is 11.6 Å². The number of fused-ring (bicyclic) bond motifs is 1. The SMILES string of the molecule is Cc1cccc(-c2nc3c(F)cc(F)cc3[nH]2)c1N. The van der Waals surface area contributed by atoms with E-state index < -0.39 is 11.6 Å². The van der Waals surface area contributed by atoms with Crippen molar-refractivity contribution in [2.24, 2.45) is 0 Å². The molecule has 0 atom stereocenters. The molecule has 96 valence electrons. The third-order valence-corrected chi connectivity index (χ3v) is 3.08. The molecule has 19 heavy (non-hydrogen) atoms. The summed E-state index contributed by atoms with van der Waals surface area (Å²) in [6.45, 7) is 1.88. The van der Waals surface area contributed by atoms with Gasteiger partial charge in [0.05, 0.1) is 5.52 Å². The van der Waals surface area contributed by atoms with Crippen LogP contribution in [0.1, 0.15) is 5.56 Å². The number of aromatic nitrogens is 2. The Balaban J connectivity index is 2.26. The van der Waals surface area contributed by atoms with Gasteiger partial charge in [-0.05, 0) is 24.6 Å². The Morgan fingerprint density at radius 1 is 1.21 bits per heavy atom. The highest BCUT2D eigenvalue weighted by atomic mass is 19.1. The van der Waals surface area contributed by atoms with Crippen molar-refractivity contribution in [3.8, 4) is 11.4 Å². The number of nitrogens with two attached hydrogens (primary N) is 1. The van der Waals surface area contributed by atoms with E-state index >= 15 is 0 Å². The second-order valence-corrected chi connectivity index (χ2v) is 4.41. The minimum absolute atomic E-state index is 0.109. The number of nitrogens with one attached hydrogen (secondary N) is 1. The van der Waals surface area contributed by atoms with Gasteiger partial charge in [-0.25, -0.2) is 13.8 Å². The van der Waals surface area contributed by atoms with Crippen molar-refractivity contribution in [3.05, 3.63) is 47.5 Å². The van der Waals surface area contributed by atoms with Crippen LogP contribution in [0.25, 0.3) is 22.4 Å². The number of benzene rings is 2. The number of aromatic amines is 1. The number of imidazole rings is 1. The number of nitrogens with zero attached hydrogens (tertiary/aromatic N) is 1. The Morgan fingerprint density at radius 3 is 2.79 bits per heavy atom. The van der Waals surface area contributed by atoms with Crippen molar-refractivity contribution in [1.82, 2.24) is 9.97 Å². The van der Waals surface area contributed by atoms with Crippen LogP contribution in [0.2, 0.25) is 0 Å². The third-order valence-electron chi connectivity index (χ3n) is 3.08. The van der Waals surface area contributed by atoms with E-state index in [0.29, 0.717) is 22.6 Å². The maximum absolute atomic E-state index is 13.6. The van der Waals surface area contributed by atoms with Gasteiger partial charge in [0.15, 0.2) is 5.82 Å². The van der Waals surface area contributed by atoms with Gasteiger partial charge in [-0.1, -0.05) is 12.1 Å². The van der Waals surface area contributed by atoms with Crippen LogP contribution in [0, 0.1) is 18.6 Å². The fraction of sp³-hybridized carbons (Fsp3) is 0.0714. The van der Waals surface area contributed by atoms with Crippen molar-refractivity contribution in [2.75, 3.05) is 5.73 Å². The molecule has 3 nitrogen and oxygen atoms in total. The summed E-state index contributed by atoms with van der Waals surface area (Å²) in [5, 5.41) is 0. The minimum Gasteiger partial charge on any atom is -0.398 e. The standard InChI is InChI=1S/C14H11F2N3/c1-7-3-2-4-9(12(7)17)14-18-11-6-8(15)5-10(16)13(11)19-14/h2-6H,17H2,1H3,(H,18,19). The molecule has 3 N–H and O–H groups in total. The molecule has 0 aliphatic heterocycles. The molecule has 1 heterocycles. The monoisotopic (exact) mass is 259 g/mol. The Kier molecular flexibility index (Phi) is 2.48. The topological polar surface area (TPSA) is 54.7 Å². The number of anilines is 1. The largest absolute Gasteiger partial charge is 0.398 e. The quantitative estimate of drug-likeness (QED) is 0.658. The van der Waals surface area contributed by atoms with Crippen molar-refractivity contribution < 1.29 is 8.78 Å². The number of nitrogen functional groups attached to an aromatic ring is 1. The van der Waals surface area contributed by atoms with Crippen molar-refractivity contribution >= 4 is 16.7 Å². The first-order valence-corrected chi connectivity index (χ1v) is 5.76. The molecule has 0 saturated carbocycles. The van der Waals surface area contributed by atoms with Crippen LogP contribution < -0.4 is 5.73 Å². The van der Waals surface area contributed by atoms with E-state index in [4.69, 9.17) is 5.73 Å². The Morgan fingerprint density at radius 2 is 2.00 bits per heavy atom. The van der Waals surface area contributed by atoms with Crippen LogP contribution in [0.15, 0.2) is 30.3 Å². The van der Waals surface area contributed by atoms with Crippen LogP contribution in [0.3, 0.4) is 0 Å². The van der Waals surface area contributed by atoms with E-state index in [1.807, 2.05) is 19.1 Å². The van der Waals surface area contributed by atoms with E-state index in [1.165, 1.54) is 6.07 Å². The van der Waals surface area contributed by atoms with E-state index in [-0.39, 0.29) is 5.52 Å². The molecule has 0 aliphatic carbocycles. The zero-order valence-electron chi connectivity index (χ0n) is 10.2. The molecule has 0 fully saturated rings. The van der Waals surface area contributed by atoms with Crippen LogP contribution >= 0.6 is 0 Å². The smallest absolute Gasteiger partial charge is 0.153 e. The molecule has 0 unspecified atom stereocenters. The second kappa shape index (κ2) is 4.05. The Labute approximate surface area is 108 Å². The molecule has 3 aromatic rings. The fourth-order valence-corrected chi connectivity index (χ4v) is 2.06. The average molecular weight is 259 g/mol. The van der Waals surface area contributed by atoms with E-state index in [9.17, 15) is 8.78 Å². The number of halogens is 2. The first-order valence-electron chi connectivity index (χ1n) is 5.76. The highest BCUT2D eigenvalue weighted by molar-refractivity contribution is 5.83. The summed E-state index contributed by atoms with van der Waals surface area (Å²) in [5.74, 6) is -0.901. The highest BCUT2D eigenvalue weighted by Gasteiger charge is 2.13.